The summed E-state index contributed by atoms with van der Waals surface area (Å²) in [6.45, 7) is 0.402. The second kappa shape index (κ2) is 4.23. The Morgan fingerprint density at radius 1 is 1.77 bits per heavy atom. The Kier molecular flexibility index (Phi) is 3.49. The van der Waals surface area contributed by atoms with E-state index in [2.05, 4.69) is 25.3 Å². The first-order chi connectivity index (χ1) is 6.06. The number of hydrogen-bond acceptors (Lipinski definition) is 4. The predicted molar refractivity (Wildman–Crippen MR) is 54.4 cm³/mol. The Morgan fingerprint density at radius 3 is 2.69 bits per heavy atom. The first-order valence-electron chi connectivity index (χ1n) is 3.87. The molecule has 1 heterocycles. The second-order valence-electron chi connectivity index (χ2n) is 2.94. The molecule has 4 nitrogen and oxygen atoms in total. The quantitative estimate of drug-likeness (QED) is 0.583. The Labute approximate surface area is 87.1 Å². The van der Waals surface area contributed by atoms with Crippen LogP contribution in [0.15, 0.2) is 0 Å². The first kappa shape index (κ1) is 10.7. The topological polar surface area (TPSA) is 57.6 Å². The van der Waals surface area contributed by atoms with E-state index in [1.807, 2.05) is 0 Å². The van der Waals surface area contributed by atoms with Gasteiger partial charge in [0.25, 0.3) is 0 Å². The van der Waals surface area contributed by atoms with Crippen molar-refractivity contribution in [3.63, 3.8) is 0 Å². The van der Waals surface area contributed by atoms with Gasteiger partial charge in [0.1, 0.15) is 6.04 Å². The molecule has 1 aliphatic heterocycles. The van der Waals surface area contributed by atoms with Crippen molar-refractivity contribution in [2.75, 3.05) is 12.3 Å². The number of carboxylic acids is 1. The van der Waals surface area contributed by atoms with Crippen LogP contribution in [0.25, 0.3) is 0 Å². The predicted octanol–water partition coefficient (Wildman–Crippen LogP) is -0.0999. The number of carbonyl (C=O) groups excluding carboxylic acids is 1. The molecule has 13 heavy (non-hydrogen) atoms. The van der Waals surface area contributed by atoms with Gasteiger partial charge in [-0.25, -0.2) is 4.79 Å². The molecule has 0 aromatic carbocycles. The van der Waals surface area contributed by atoms with Crippen LogP contribution in [0.2, 0.25) is 0 Å². The van der Waals surface area contributed by atoms with Crippen LogP contribution in [0.5, 0.6) is 0 Å². The SMILES string of the molecule is O=C(O)[C@H](CS)N1CC(S)CC1=O. The summed E-state index contributed by atoms with van der Waals surface area (Å²) in [5.74, 6) is -1.02. The summed E-state index contributed by atoms with van der Waals surface area (Å²) in [6, 6.07) is -0.812. The minimum atomic E-state index is -1.01. The maximum Gasteiger partial charge on any atom is 0.327 e. The van der Waals surface area contributed by atoms with Gasteiger partial charge < -0.3 is 10.0 Å². The van der Waals surface area contributed by atoms with Crippen LogP contribution in [-0.2, 0) is 9.59 Å². The molecule has 74 valence electrons. The lowest BCUT2D eigenvalue weighted by Gasteiger charge is -2.22. The molecule has 0 aromatic rings. The van der Waals surface area contributed by atoms with Gasteiger partial charge in [-0.1, -0.05) is 0 Å². The smallest absolute Gasteiger partial charge is 0.327 e. The molecule has 1 unspecified atom stereocenters. The first-order valence-corrected chi connectivity index (χ1v) is 5.02. The van der Waals surface area contributed by atoms with E-state index in [1.54, 1.807) is 0 Å². The molecule has 0 aliphatic carbocycles. The molecule has 6 heteroatoms. The highest BCUT2D eigenvalue weighted by atomic mass is 32.1. The molecular weight excluding hydrogens is 210 g/mol. The van der Waals surface area contributed by atoms with Gasteiger partial charge in [0.2, 0.25) is 5.91 Å². The zero-order valence-electron chi connectivity index (χ0n) is 6.88. The number of thiol groups is 2. The fourth-order valence-electron chi connectivity index (χ4n) is 1.32. The fourth-order valence-corrected chi connectivity index (χ4v) is 2.01. The van der Waals surface area contributed by atoms with Gasteiger partial charge in [-0.05, 0) is 0 Å². The Morgan fingerprint density at radius 2 is 2.38 bits per heavy atom. The molecule has 1 aliphatic rings. The second-order valence-corrected chi connectivity index (χ2v) is 4.04. The number of likely N-dealkylation sites (tertiary alicyclic amines) is 1. The normalized spacial score (nSPS) is 24.9. The van der Waals surface area contributed by atoms with Crippen molar-refractivity contribution < 1.29 is 14.7 Å². The molecule has 1 amide bonds. The van der Waals surface area contributed by atoms with Crippen LogP contribution in [-0.4, -0.2) is 45.5 Å². The zero-order chi connectivity index (χ0) is 10.0. The van der Waals surface area contributed by atoms with Crippen molar-refractivity contribution in [2.24, 2.45) is 0 Å². The standard InChI is InChI=1S/C7H11NO3S2/c9-6-1-4(13)2-8(6)5(3-12)7(10)11/h4-5,12-13H,1-3H2,(H,10,11)/t4?,5-/m0/s1. The maximum atomic E-state index is 11.3. The average Bonchev–Trinajstić information content (AvgIpc) is 2.31. The van der Waals surface area contributed by atoms with E-state index >= 15 is 0 Å². The van der Waals surface area contributed by atoms with Gasteiger partial charge in [-0.15, -0.1) is 0 Å². The molecule has 1 N–H and O–H groups in total. The van der Waals surface area contributed by atoms with Crippen molar-refractivity contribution >= 4 is 37.1 Å². The maximum absolute atomic E-state index is 11.3. The fraction of sp³-hybridized carbons (Fsp3) is 0.714. The summed E-state index contributed by atoms with van der Waals surface area (Å²) in [4.78, 5) is 23.3. The lowest BCUT2D eigenvalue weighted by molar-refractivity contribution is -0.147. The van der Waals surface area contributed by atoms with Crippen molar-refractivity contribution in [2.45, 2.75) is 17.7 Å². The van der Waals surface area contributed by atoms with E-state index in [4.69, 9.17) is 5.11 Å². The summed E-state index contributed by atoms with van der Waals surface area (Å²) in [6.07, 6.45) is 0.320. The third-order valence-electron chi connectivity index (χ3n) is 1.97. The minimum Gasteiger partial charge on any atom is -0.480 e. The summed E-state index contributed by atoms with van der Waals surface area (Å²) in [7, 11) is 0. The molecule has 0 saturated carbocycles. The van der Waals surface area contributed by atoms with Crippen LogP contribution in [0, 0.1) is 0 Å². The minimum absolute atomic E-state index is 0.0470. The van der Waals surface area contributed by atoms with Gasteiger partial charge in [0.05, 0.1) is 0 Å². The molecule has 1 fully saturated rings. The van der Waals surface area contributed by atoms with Gasteiger partial charge >= 0.3 is 5.97 Å². The summed E-state index contributed by atoms with van der Waals surface area (Å²) < 4.78 is 0. The lowest BCUT2D eigenvalue weighted by Crippen LogP contribution is -2.43. The van der Waals surface area contributed by atoms with E-state index in [9.17, 15) is 9.59 Å². The van der Waals surface area contributed by atoms with E-state index in [0.29, 0.717) is 13.0 Å². The van der Waals surface area contributed by atoms with E-state index < -0.39 is 12.0 Å². The summed E-state index contributed by atoms with van der Waals surface area (Å²) >= 11 is 8.03. The van der Waals surface area contributed by atoms with Gasteiger partial charge in [0.15, 0.2) is 0 Å². The number of nitrogens with zero attached hydrogens (tertiary/aromatic N) is 1. The zero-order valence-corrected chi connectivity index (χ0v) is 8.67. The van der Waals surface area contributed by atoms with E-state index in [0.717, 1.165) is 0 Å². The van der Waals surface area contributed by atoms with Gasteiger partial charge in [-0.2, -0.15) is 25.3 Å². The molecule has 1 rings (SSSR count). The van der Waals surface area contributed by atoms with Crippen molar-refractivity contribution in [3.8, 4) is 0 Å². The van der Waals surface area contributed by atoms with Crippen LogP contribution in [0.1, 0.15) is 6.42 Å². The highest BCUT2D eigenvalue weighted by Crippen LogP contribution is 2.19. The third kappa shape index (κ3) is 2.31. The van der Waals surface area contributed by atoms with Crippen LogP contribution < -0.4 is 0 Å². The Balaban J connectivity index is 2.69. The number of rotatable bonds is 3. The van der Waals surface area contributed by atoms with E-state index in [1.165, 1.54) is 4.90 Å². The van der Waals surface area contributed by atoms with Crippen molar-refractivity contribution in [3.05, 3.63) is 0 Å². The highest BCUT2D eigenvalue weighted by molar-refractivity contribution is 7.81. The molecule has 0 bridgehead atoms. The van der Waals surface area contributed by atoms with E-state index in [-0.39, 0.29) is 16.9 Å². The van der Waals surface area contributed by atoms with Crippen LogP contribution in [0.4, 0.5) is 0 Å². The van der Waals surface area contributed by atoms with Gasteiger partial charge in [-0.3, -0.25) is 4.79 Å². The van der Waals surface area contributed by atoms with Crippen molar-refractivity contribution in [1.82, 2.24) is 4.90 Å². The molecule has 1 saturated heterocycles. The molecule has 0 spiro atoms. The van der Waals surface area contributed by atoms with Gasteiger partial charge in [0, 0.05) is 24.0 Å². The number of amides is 1. The Bertz CT molecular complexity index is 234. The lowest BCUT2D eigenvalue weighted by atomic mass is 10.3. The summed E-state index contributed by atoms with van der Waals surface area (Å²) in [5, 5.41) is 8.72. The number of carboxylic acid groups (broad SMARTS) is 1. The number of aliphatic carboxylic acids is 1. The summed E-state index contributed by atoms with van der Waals surface area (Å²) in [5.41, 5.74) is 0. The largest absolute Gasteiger partial charge is 0.480 e. The van der Waals surface area contributed by atoms with Crippen molar-refractivity contribution in [1.29, 1.82) is 0 Å². The number of hydrogen-bond donors (Lipinski definition) is 3. The molecule has 0 radical (unpaired) electrons. The third-order valence-corrected chi connectivity index (χ3v) is 2.66. The molecular formula is C7H11NO3S2. The van der Waals surface area contributed by atoms with Crippen LogP contribution in [0.3, 0.4) is 0 Å². The monoisotopic (exact) mass is 221 g/mol. The average molecular weight is 221 g/mol. The number of carbonyl (C=O) groups is 2. The Hall–Kier alpha value is -0.360. The van der Waals surface area contributed by atoms with Crippen LogP contribution >= 0.6 is 25.3 Å². The highest BCUT2D eigenvalue weighted by Gasteiger charge is 2.35. The molecule has 2 atom stereocenters. The molecule has 0 aromatic heterocycles.